The van der Waals surface area contributed by atoms with Crippen molar-refractivity contribution in [2.24, 2.45) is 0 Å². The molecule has 7 heteroatoms. The molecule has 0 saturated carbocycles. The molecule has 0 aliphatic heterocycles. The maximum Gasteiger partial charge on any atom is 0.242 e. The zero-order chi connectivity index (χ0) is 11.4. The lowest BCUT2D eigenvalue weighted by molar-refractivity contribution is -0.117. The molecule has 0 radical (unpaired) electrons. The Morgan fingerprint density at radius 1 is 1.47 bits per heavy atom. The third-order valence-corrected chi connectivity index (χ3v) is 2.56. The Morgan fingerprint density at radius 3 is 2.73 bits per heavy atom. The van der Waals surface area contributed by atoms with Gasteiger partial charge in [0, 0.05) is 0 Å². The van der Waals surface area contributed by atoms with Gasteiger partial charge >= 0.3 is 0 Å². The second-order valence-electron chi connectivity index (χ2n) is 2.83. The number of nitrogens with zero attached hydrogens (tertiary/aromatic N) is 2. The molecule has 2 N–H and O–H groups in total. The van der Waals surface area contributed by atoms with Crippen molar-refractivity contribution < 1.29 is 4.79 Å². The predicted molar refractivity (Wildman–Crippen MR) is 59.2 cm³/mol. The highest BCUT2D eigenvalue weighted by atomic mass is 35.5. The van der Waals surface area contributed by atoms with Crippen LogP contribution in [0.1, 0.15) is 6.92 Å². The van der Waals surface area contributed by atoms with Crippen molar-refractivity contribution in [1.82, 2.24) is 15.3 Å². The van der Waals surface area contributed by atoms with Crippen LogP contribution in [0.15, 0.2) is 6.33 Å². The molecule has 0 spiro atoms. The largest absolute Gasteiger partial charge is 0.309 e. The minimum atomic E-state index is -0.338. The lowest BCUT2D eigenvalue weighted by Crippen LogP contribution is -2.35. The van der Waals surface area contributed by atoms with Gasteiger partial charge in [-0.15, -0.1) is 0 Å². The molecule has 0 aliphatic carbocycles. The van der Waals surface area contributed by atoms with Crippen molar-refractivity contribution in [1.29, 1.82) is 0 Å². The third-order valence-electron chi connectivity index (χ3n) is 1.81. The smallest absolute Gasteiger partial charge is 0.242 e. The second-order valence-corrected chi connectivity index (χ2v) is 3.56. The van der Waals surface area contributed by atoms with Crippen molar-refractivity contribution in [3.63, 3.8) is 0 Å². The first-order valence-corrected chi connectivity index (χ1v) is 4.96. The molecule has 82 valence electrons. The van der Waals surface area contributed by atoms with Crippen LogP contribution >= 0.6 is 23.2 Å². The Hall–Kier alpha value is -0.910. The summed E-state index contributed by atoms with van der Waals surface area (Å²) >= 11 is 11.5. The van der Waals surface area contributed by atoms with Crippen LogP contribution in [0.2, 0.25) is 10.2 Å². The Bertz CT molecular complexity index is 372. The summed E-state index contributed by atoms with van der Waals surface area (Å²) in [5.41, 5.74) is 0. The number of hydrogen-bond donors (Lipinski definition) is 2. The molecule has 0 fully saturated rings. The van der Waals surface area contributed by atoms with E-state index in [1.807, 2.05) is 0 Å². The summed E-state index contributed by atoms with van der Waals surface area (Å²) in [6.45, 7) is 1.71. The van der Waals surface area contributed by atoms with Crippen LogP contribution < -0.4 is 10.6 Å². The van der Waals surface area contributed by atoms with E-state index in [1.165, 1.54) is 6.33 Å². The molecule has 0 saturated heterocycles. The van der Waals surface area contributed by atoms with Crippen molar-refractivity contribution in [3.05, 3.63) is 16.5 Å². The van der Waals surface area contributed by atoms with Crippen LogP contribution in [0.25, 0.3) is 0 Å². The van der Waals surface area contributed by atoms with E-state index in [2.05, 4.69) is 20.6 Å². The monoisotopic (exact) mass is 248 g/mol. The molecule has 1 atom stereocenters. The van der Waals surface area contributed by atoms with E-state index < -0.39 is 0 Å². The fraction of sp³-hybridized carbons (Fsp3) is 0.375. The number of amides is 1. The molecule has 5 nitrogen and oxygen atoms in total. The van der Waals surface area contributed by atoms with Crippen molar-refractivity contribution in [2.45, 2.75) is 13.0 Å². The first kappa shape index (κ1) is 12.2. The van der Waals surface area contributed by atoms with Gasteiger partial charge in [0.1, 0.15) is 11.3 Å². The molecule has 1 heterocycles. The summed E-state index contributed by atoms with van der Waals surface area (Å²) in [4.78, 5) is 18.9. The first-order valence-electron chi connectivity index (χ1n) is 4.20. The van der Waals surface area contributed by atoms with Gasteiger partial charge in [0.2, 0.25) is 5.91 Å². The summed E-state index contributed by atoms with van der Waals surface area (Å²) in [6, 6.07) is -0.338. The first-order chi connectivity index (χ1) is 7.06. The van der Waals surface area contributed by atoms with Gasteiger partial charge < -0.3 is 10.6 Å². The molecule has 0 aliphatic rings. The van der Waals surface area contributed by atoms with E-state index in [-0.39, 0.29) is 27.9 Å². The van der Waals surface area contributed by atoms with Crippen molar-refractivity contribution >= 4 is 34.9 Å². The van der Waals surface area contributed by atoms with Crippen LogP contribution in [0.4, 0.5) is 5.82 Å². The van der Waals surface area contributed by atoms with Gasteiger partial charge in [0.15, 0.2) is 11.0 Å². The summed E-state index contributed by atoms with van der Waals surface area (Å²) in [5, 5.41) is 5.57. The SMILES string of the molecule is CNC(C)C(=O)Nc1ncnc(Cl)c1Cl. The van der Waals surface area contributed by atoms with Crippen LogP contribution in [0.3, 0.4) is 0 Å². The van der Waals surface area contributed by atoms with Gasteiger partial charge in [-0.2, -0.15) is 0 Å². The maximum absolute atomic E-state index is 11.5. The van der Waals surface area contributed by atoms with Gasteiger partial charge in [-0.05, 0) is 14.0 Å². The fourth-order valence-electron chi connectivity index (χ4n) is 0.792. The number of hydrogen-bond acceptors (Lipinski definition) is 4. The number of anilines is 1. The van der Waals surface area contributed by atoms with Crippen LogP contribution in [0.5, 0.6) is 0 Å². The predicted octanol–water partition coefficient (Wildman–Crippen LogP) is 1.33. The van der Waals surface area contributed by atoms with E-state index in [0.29, 0.717) is 0 Å². The van der Waals surface area contributed by atoms with E-state index in [1.54, 1.807) is 14.0 Å². The highest BCUT2D eigenvalue weighted by molar-refractivity contribution is 6.42. The Kier molecular flexibility index (Phi) is 4.26. The number of likely N-dealkylation sites (N-methyl/N-ethyl adjacent to an activating group) is 1. The third kappa shape index (κ3) is 3.02. The fourth-order valence-corrected chi connectivity index (χ4v) is 1.07. The molecule has 1 aromatic rings. The van der Waals surface area contributed by atoms with Gasteiger partial charge in [0.05, 0.1) is 6.04 Å². The van der Waals surface area contributed by atoms with Crippen LogP contribution in [-0.2, 0) is 4.79 Å². The van der Waals surface area contributed by atoms with E-state index in [0.717, 1.165) is 0 Å². The number of rotatable bonds is 3. The van der Waals surface area contributed by atoms with Crippen LogP contribution in [0, 0.1) is 0 Å². The minimum absolute atomic E-state index is 0.110. The number of carbonyl (C=O) groups is 1. The number of carbonyl (C=O) groups excluding carboxylic acids is 1. The summed E-state index contributed by atoms with van der Waals surface area (Å²) < 4.78 is 0. The van der Waals surface area contributed by atoms with Crippen molar-refractivity contribution in [3.8, 4) is 0 Å². The average Bonchev–Trinajstić information content (AvgIpc) is 2.23. The summed E-state index contributed by atoms with van der Waals surface area (Å²) in [7, 11) is 1.68. The number of nitrogens with one attached hydrogen (secondary N) is 2. The topological polar surface area (TPSA) is 66.9 Å². The lowest BCUT2D eigenvalue weighted by atomic mass is 10.3. The van der Waals surface area contributed by atoms with E-state index in [9.17, 15) is 4.79 Å². The summed E-state index contributed by atoms with van der Waals surface area (Å²) in [5.74, 6) is -0.0297. The average molecular weight is 249 g/mol. The maximum atomic E-state index is 11.5. The molecular formula is C8H10Cl2N4O. The molecule has 15 heavy (non-hydrogen) atoms. The van der Waals surface area contributed by atoms with E-state index >= 15 is 0 Å². The quantitative estimate of drug-likeness (QED) is 0.793. The zero-order valence-corrected chi connectivity index (χ0v) is 9.73. The zero-order valence-electron chi connectivity index (χ0n) is 8.21. The molecule has 0 bridgehead atoms. The number of aromatic nitrogens is 2. The normalized spacial score (nSPS) is 12.3. The van der Waals surface area contributed by atoms with Gasteiger partial charge in [-0.1, -0.05) is 23.2 Å². The van der Waals surface area contributed by atoms with Gasteiger partial charge in [0.25, 0.3) is 0 Å². The van der Waals surface area contributed by atoms with Gasteiger partial charge in [-0.3, -0.25) is 4.79 Å². The van der Waals surface area contributed by atoms with Crippen molar-refractivity contribution in [2.75, 3.05) is 12.4 Å². The number of halogens is 2. The Labute approximate surface area is 97.2 Å². The lowest BCUT2D eigenvalue weighted by Gasteiger charge is -2.11. The second kappa shape index (κ2) is 5.25. The molecule has 1 aromatic heterocycles. The Morgan fingerprint density at radius 2 is 2.13 bits per heavy atom. The van der Waals surface area contributed by atoms with Crippen LogP contribution in [-0.4, -0.2) is 29.0 Å². The minimum Gasteiger partial charge on any atom is -0.309 e. The summed E-state index contributed by atoms with van der Waals surface area (Å²) in [6.07, 6.45) is 1.23. The van der Waals surface area contributed by atoms with E-state index in [4.69, 9.17) is 23.2 Å². The highest BCUT2D eigenvalue weighted by Gasteiger charge is 2.14. The van der Waals surface area contributed by atoms with Gasteiger partial charge in [-0.25, -0.2) is 9.97 Å². The molecule has 1 amide bonds. The molecule has 0 aromatic carbocycles. The molecular weight excluding hydrogens is 239 g/mol. The molecule has 1 rings (SSSR count). The Balaban J connectivity index is 2.81. The standard InChI is InChI=1S/C8H10Cl2N4O/c1-4(11-2)8(15)14-7-5(9)6(10)12-3-13-7/h3-4,11H,1-2H3,(H,12,13,14,15). The highest BCUT2D eigenvalue weighted by Crippen LogP contribution is 2.25. The molecule has 1 unspecified atom stereocenters.